The summed E-state index contributed by atoms with van der Waals surface area (Å²) >= 11 is 0. The molecule has 1 atom stereocenters. The van der Waals surface area contributed by atoms with Crippen molar-refractivity contribution >= 4 is 16.9 Å². The van der Waals surface area contributed by atoms with Crippen molar-refractivity contribution in [1.82, 2.24) is 0 Å². The van der Waals surface area contributed by atoms with Crippen molar-refractivity contribution < 1.29 is 62.7 Å². The van der Waals surface area contributed by atoms with E-state index < -0.39 is 6.10 Å². The summed E-state index contributed by atoms with van der Waals surface area (Å²) in [6.45, 7) is 0.0461. The Morgan fingerprint density at radius 3 is 1.57 bits per heavy atom. The molecule has 2 aliphatic rings. The van der Waals surface area contributed by atoms with Gasteiger partial charge in [0.15, 0.2) is 51.8 Å². The molecule has 286 valence electrons. The van der Waals surface area contributed by atoms with Crippen LogP contribution in [0.2, 0.25) is 0 Å². The van der Waals surface area contributed by atoms with Crippen molar-refractivity contribution in [1.29, 1.82) is 0 Å². The summed E-state index contributed by atoms with van der Waals surface area (Å²) in [5, 5.41) is 30.6. The fourth-order valence-corrected chi connectivity index (χ4v) is 6.44. The maximum Gasteiger partial charge on any atom is 0.207 e. The van der Waals surface area contributed by atoms with Gasteiger partial charge in [-0.2, -0.15) is 0 Å². The molecule has 0 bridgehead atoms. The largest absolute Gasteiger partial charge is 0.504 e. The summed E-state index contributed by atoms with van der Waals surface area (Å²) in [7, 11) is 12.2. The molecule has 0 spiro atoms. The first-order valence-corrected chi connectivity index (χ1v) is 16.7. The number of aliphatic hydroxyl groups excluding tert-OH is 1. The standard InChI is InChI=1S/C21H22O6.C20H22O7/c1-24-18-8-5-12(9-17(18)23)15-10-13(22)6-7-14-16(15)11-19(25-2)21(27-4)20(14)26-3;1-23-16-6-5-11(7-15(16)22)13-8-12(21)10-27-18-14(13)9-17(24-2)19(25-3)20(18)26-4/h5,8-11,23H,6-7H2,1-4H3;5-9,12,21-22H,10H2,1-4H3. The highest BCUT2D eigenvalue weighted by atomic mass is 16.6. The predicted molar refractivity (Wildman–Crippen MR) is 201 cm³/mol. The van der Waals surface area contributed by atoms with Crippen LogP contribution in [0.5, 0.6) is 63.2 Å². The molecule has 1 unspecified atom stereocenters. The number of phenolic OH excluding ortho intramolecular Hbond substituents is 2. The van der Waals surface area contributed by atoms with Crippen LogP contribution in [0.3, 0.4) is 0 Å². The highest BCUT2D eigenvalue weighted by Crippen LogP contribution is 2.51. The number of allylic oxidation sites excluding steroid dienone is 1. The van der Waals surface area contributed by atoms with Crippen LogP contribution in [0.4, 0.5) is 0 Å². The topological polar surface area (TPSA) is 161 Å². The fourth-order valence-electron chi connectivity index (χ4n) is 6.44. The van der Waals surface area contributed by atoms with Gasteiger partial charge in [-0.15, -0.1) is 0 Å². The van der Waals surface area contributed by atoms with Crippen molar-refractivity contribution in [3.05, 3.63) is 88.5 Å². The van der Waals surface area contributed by atoms with Crippen LogP contribution in [0, 0.1) is 0 Å². The van der Waals surface area contributed by atoms with Crippen LogP contribution in [-0.4, -0.2) is 90.7 Å². The lowest BCUT2D eigenvalue weighted by atomic mass is 9.92. The van der Waals surface area contributed by atoms with E-state index in [1.54, 1.807) is 75.9 Å². The molecule has 0 saturated carbocycles. The predicted octanol–water partition coefficient (Wildman–Crippen LogP) is 5.99. The lowest BCUT2D eigenvalue weighted by Gasteiger charge is -2.20. The smallest absolute Gasteiger partial charge is 0.207 e. The van der Waals surface area contributed by atoms with E-state index in [4.69, 9.17) is 42.6 Å². The van der Waals surface area contributed by atoms with Crippen molar-refractivity contribution in [3.63, 3.8) is 0 Å². The van der Waals surface area contributed by atoms with Crippen molar-refractivity contribution in [3.8, 4) is 63.2 Å². The molecule has 4 aromatic rings. The number of carbonyl (C=O) groups is 1. The molecule has 1 heterocycles. The Labute approximate surface area is 313 Å². The molecule has 0 fully saturated rings. The first kappa shape index (κ1) is 39.0. The number of aliphatic hydroxyl groups is 1. The molecule has 6 rings (SSSR count). The van der Waals surface area contributed by atoms with Gasteiger partial charge in [-0.25, -0.2) is 0 Å². The van der Waals surface area contributed by atoms with Crippen LogP contribution in [0.25, 0.3) is 11.1 Å². The molecule has 13 heteroatoms. The van der Waals surface area contributed by atoms with Crippen molar-refractivity contribution in [2.45, 2.75) is 18.9 Å². The first-order valence-electron chi connectivity index (χ1n) is 16.7. The summed E-state index contributed by atoms with van der Waals surface area (Å²) < 4.78 is 48.9. The maximum atomic E-state index is 12.4. The Morgan fingerprint density at radius 2 is 1.07 bits per heavy atom. The number of ether oxygens (including phenoxy) is 9. The Morgan fingerprint density at radius 1 is 0.574 bits per heavy atom. The third-order valence-corrected chi connectivity index (χ3v) is 8.96. The van der Waals surface area contributed by atoms with Gasteiger partial charge in [0.1, 0.15) is 12.7 Å². The zero-order chi connectivity index (χ0) is 39.1. The molecule has 54 heavy (non-hydrogen) atoms. The molecular weight excluding hydrogens is 700 g/mol. The summed E-state index contributed by atoms with van der Waals surface area (Å²) in [5.74, 6) is 3.89. The number of benzene rings is 4. The Hall–Kier alpha value is -6.21. The van der Waals surface area contributed by atoms with Gasteiger partial charge in [0.25, 0.3) is 0 Å². The van der Waals surface area contributed by atoms with Crippen molar-refractivity contribution in [2.75, 3.05) is 63.5 Å². The van der Waals surface area contributed by atoms with Gasteiger partial charge in [-0.1, -0.05) is 12.1 Å². The number of aromatic hydroxyl groups is 2. The van der Waals surface area contributed by atoms with Crippen LogP contribution < -0.4 is 42.6 Å². The van der Waals surface area contributed by atoms with Gasteiger partial charge >= 0.3 is 0 Å². The van der Waals surface area contributed by atoms with E-state index in [0.717, 1.165) is 11.1 Å². The van der Waals surface area contributed by atoms with E-state index in [1.807, 2.05) is 6.07 Å². The number of rotatable bonds is 10. The third kappa shape index (κ3) is 7.62. The number of phenols is 2. The summed E-state index contributed by atoms with van der Waals surface area (Å²) in [4.78, 5) is 12.4. The Bertz CT molecular complexity index is 2080. The molecule has 0 radical (unpaired) electrons. The first-order chi connectivity index (χ1) is 26.1. The van der Waals surface area contributed by atoms with Gasteiger partial charge in [0.05, 0.1) is 56.9 Å². The Kier molecular flexibility index (Phi) is 12.3. The molecule has 13 nitrogen and oxygen atoms in total. The Balaban J connectivity index is 0.000000208. The molecule has 0 aromatic heterocycles. The highest BCUT2D eigenvalue weighted by Gasteiger charge is 2.29. The van der Waals surface area contributed by atoms with Crippen molar-refractivity contribution in [2.24, 2.45) is 0 Å². The number of methoxy groups -OCH3 is 8. The zero-order valence-corrected chi connectivity index (χ0v) is 31.4. The van der Waals surface area contributed by atoms with Crippen LogP contribution >= 0.6 is 0 Å². The second-order valence-corrected chi connectivity index (χ2v) is 11.9. The molecule has 0 saturated heterocycles. The van der Waals surface area contributed by atoms with E-state index in [1.165, 1.54) is 35.5 Å². The minimum Gasteiger partial charge on any atom is -0.504 e. The monoisotopic (exact) mass is 744 g/mol. The quantitative estimate of drug-likeness (QED) is 0.174. The lowest BCUT2D eigenvalue weighted by molar-refractivity contribution is -0.114. The van der Waals surface area contributed by atoms with E-state index in [2.05, 4.69) is 0 Å². The van der Waals surface area contributed by atoms with Gasteiger partial charge in [0.2, 0.25) is 17.2 Å². The second kappa shape index (κ2) is 17.1. The van der Waals surface area contributed by atoms with Gasteiger partial charge < -0.3 is 58.0 Å². The van der Waals surface area contributed by atoms with E-state index in [9.17, 15) is 20.1 Å². The average molecular weight is 745 g/mol. The average Bonchev–Trinajstić information content (AvgIpc) is 3.46. The van der Waals surface area contributed by atoms with Crippen LogP contribution in [0.1, 0.15) is 34.2 Å². The maximum absolute atomic E-state index is 12.4. The van der Waals surface area contributed by atoms with Crippen LogP contribution in [0.15, 0.2) is 60.7 Å². The number of ketones is 1. The molecular formula is C41H44O13. The minimum absolute atomic E-state index is 0.00147. The van der Waals surface area contributed by atoms with E-state index >= 15 is 0 Å². The van der Waals surface area contributed by atoms with E-state index in [0.29, 0.717) is 92.4 Å². The molecule has 3 N–H and O–H groups in total. The number of fused-ring (bicyclic) bond motifs is 2. The van der Waals surface area contributed by atoms with Gasteiger partial charge in [-0.05, 0) is 82.8 Å². The fraction of sp³-hybridized carbons (Fsp3) is 0.293. The number of hydrogen-bond acceptors (Lipinski definition) is 13. The van der Waals surface area contributed by atoms with Gasteiger partial charge in [-0.3, -0.25) is 4.79 Å². The summed E-state index contributed by atoms with van der Waals surface area (Å²) in [6, 6.07) is 13.6. The van der Waals surface area contributed by atoms with Gasteiger partial charge in [0, 0.05) is 17.5 Å². The lowest BCUT2D eigenvalue weighted by Crippen LogP contribution is -2.13. The van der Waals surface area contributed by atoms with Crippen LogP contribution in [-0.2, 0) is 11.2 Å². The molecule has 1 aliphatic carbocycles. The summed E-state index contributed by atoms with van der Waals surface area (Å²) in [5.41, 5.74) is 5.03. The third-order valence-electron chi connectivity index (χ3n) is 8.96. The number of carbonyl (C=O) groups excluding carboxylic acids is 1. The van der Waals surface area contributed by atoms with E-state index in [-0.39, 0.29) is 23.9 Å². The molecule has 4 aromatic carbocycles. The minimum atomic E-state index is -0.849. The molecule has 0 amide bonds. The molecule has 1 aliphatic heterocycles. The number of hydrogen-bond donors (Lipinski definition) is 3. The highest BCUT2D eigenvalue weighted by molar-refractivity contribution is 6.03. The summed E-state index contributed by atoms with van der Waals surface area (Å²) in [6.07, 6.45) is 3.28. The SMILES string of the molecule is COc1ccc(C2=CC(=O)CCc3c2cc(OC)c(OC)c3OC)cc1O.COc1ccc(C2=CC(O)COc3c2cc(OC)c(OC)c3OC)cc1O. The second-order valence-electron chi connectivity index (χ2n) is 11.9. The zero-order valence-electron chi connectivity index (χ0n) is 31.4. The normalized spacial score (nSPS) is 14.5.